The van der Waals surface area contributed by atoms with Gasteiger partial charge in [0, 0.05) is 19.2 Å². The molecular weight excluding hydrogens is 327 g/mol. The number of nitrogens with one attached hydrogen (secondary N) is 1. The number of halogens is 2. The van der Waals surface area contributed by atoms with Gasteiger partial charge in [0.25, 0.3) is 5.91 Å². The number of hydrogen-bond acceptors (Lipinski definition) is 2. The molecule has 0 aromatic heterocycles. The Hall–Kier alpha value is -1.43. The van der Waals surface area contributed by atoms with Crippen LogP contribution in [-0.2, 0) is 4.79 Å². The molecule has 1 N–H and O–H groups in total. The van der Waals surface area contributed by atoms with E-state index in [9.17, 15) is 14.0 Å². The van der Waals surface area contributed by atoms with Crippen LogP contribution in [0.1, 0.15) is 24.2 Å². The van der Waals surface area contributed by atoms with Crippen molar-refractivity contribution in [2.24, 2.45) is 5.92 Å². The van der Waals surface area contributed by atoms with Crippen LogP contribution in [0, 0.1) is 11.7 Å². The van der Waals surface area contributed by atoms with Crippen LogP contribution in [0.25, 0.3) is 0 Å². The van der Waals surface area contributed by atoms with Gasteiger partial charge in [-0.2, -0.15) is 0 Å². The molecule has 110 valence electrons. The van der Waals surface area contributed by atoms with Crippen molar-refractivity contribution in [1.29, 1.82) is 0 Å². The number of rotatable bonds is 5. The van der Waals surface area contributed by atoms with Crippen molar-refractivity contribution in [3.8, 4) is 0 Å². The largest absolute Gasteiger partial charge is 0.354 e. The number of amides is 2. The summed E-state index contributed by atoms with van der Waals surface area (Å²) in [7, 11) is 1.51. The second-order valence-corrected chi connectivity index (χ2v) is 5.84. The van der Waals surface area contributed by atoms with E-state index in [1.54, 1.807) is 0 Å². The molecule has 0 aliphatic carbocycles. The Morgan fingerprint density at radius 1 is 1.40 bits per heavy atom. The molecule has 0 spiro atoms. The lowest BCUT2D eigenvalue weighted by atomic mass is 10.2. The SMILES string of the molecule is CC(C)CNC(=O)CN(C)C(=O)c1ccc(Br)c(F)c1. The van der Waals surface area contributed by atoms with E-state index in [-0.39, 0.29) is 18.0 Å². The minimum Gasteiger partial charge on any atom is -0.354 e. The second kappa shape index (κ2) is 7.38. The fraction of sp³-hybridized carbons (Fsp3) is 0.429. The number of carbonyl (C=O) groups is 2. The minimum absolute atomic E-state index is 0.0523. The molecule has 1 aromatic carbocycles. The van der Waals surface area contributed by atoms with Gasteiger partial charge in [-0.15, -0.1) is 0 Å². The van der Waals surface area contributed by atoms with Crippen molar-refractivity contribution < 1.29 is 14.0 Å². The molecule has 0 atom stereocenters. The average molecular weight is 345 g/mol. The number of nitrogens with zero attached hydrogens (tertiary/aromatic N) is 1. The monoisotopic (exact) mass is 344 g/mol. The van der Waals surface area contributed by atoms with Crippen LogP contribution in [0.3, 0.4) is 0 Å². The van der Waals surface area contributed by atoms with Crippen molar-refractivity contribution in [3.05, 3.63) is 34.1 Å². The lowest BCUT2D eigenvalue weighted by Crippen LogP contribution is -2.39. The highest BCUT2D eigenvalue weighted by atomic mass is 79.9. The summed E-state index contributed by atoms with van der Waals surface area (Å²) in [5.41, 5.74) is 0.213. The molecule has 0 saturated heterocycles. The molecule has 0 radical (unpaired) electrons. The fourth-order valence-electron chi connectivity index (χ4n) is 1.51. The Morgan fingerprint density at radius 3 is 2.60 bits per heavy atom. The quantitative estimate of drug-likeness (QED) is 0.891. The second-order valence-electron chi connectivity index (χ2n) is 4.99. The Morgan fingerprint density at radius 2 is 2.05 bits per heavy atom. The first-order valence-electron chi connectivity index (χ1n) is 6.28. The maximum Gasteiger partial charge on any atom is 0.254 e. The third-order valence-electron chi connectivity index (χ3n) is 2.60. The van der Waals surface area contributed by atoms with Gasteiger partial charge >= 0.3 is 0 Å². The molecule has 0 aliphatic heterocycles. The zero-order chi connectivity index (χ0) is 15.3. The van der Waals surface area contributed by atoms with E-state index in [1.165, 1.54) is 24.1 Å². The number of hydrogen-bond donors (Lipinski definition) is 1. The lowest BCUT2D eigenvalue weighted by molar-refractivity contribution is -0.121. The zero-order valence-electron chi connectivity index (χ0n) is 11.7. The molecule has 0 aliphatic rings. The molecule has 0 heterocycles. The third-order valence-corrected chi connectivity index (χ3v) is 3.24. The normalized spacial score (nSPS) is 10.5. The molecule has 20 heavy (non-hydrogen) atoms. The fourth-order valence-corrected chi connectivity index (χ4v) is 1.76. The smallest absolute Gasteiger partial charge is 0.254 e. The van der Waals surface area contributed by atoms with Crippen LogP contribution < -0.4 is 5.32 Å². The van der Waals surface area contributed by atoms with Crippen molar-refractivity contribution in [2.45, 2.75) is 13.8 Å². The highest BCUT2D eigenvalue weighted by Crippen LogP contribution is 2.17. The van der Waals surface area contributed by atoms with Crippen molar-refractivity contribution in [3.63, 3.8) is 0 Å². The lowest BCUT2D eigenvalue weighted by Gasteiger charge is -2.17. The molecule has 0 fully saturated rings. The number of likely N-dealkylation sites (N-methyl/N-ethyl adjacent to an activating group) is 1. The molecule has 0 saturated carbocycles. The molecule has 2 amide bonds. The van der Waals surface area contributed by atoms with Crippen LogP contribution in [0.4, 0.5) is 4.39 Å². The standard InChI is InChI=1S/C14H18BrFN2O2/c1-9(2)7-17-13(19)8-18(3)14(20)10-4-5-11(15)12(16)6-10/h4-6,9H,7-8H2,1-3H3,(H,17,19). The maximum atomic E-state index is 13.4. The van der Waals surface area contributed by atoms with Crippen molar-refractivity contribution >= 4 is 27.7 Å². The van der Waals surface area contributed by atoms with Crippen LogP contribution in [0.15, 0.2) is 22.7 Å². The van der Waals surface area contributed by atoms with Gasteiger partial charge in [0.1, 0.15) is 5.82 Å². The van der Waals surface area contributed by atoms with E-state index in [0.29, 0.717) is 16.9 Å². The first-order valence-corrected chi connectivity index (χ1v) is 7.07. The van der Waals surface area contributed by atoms with Crippen LogP contribution >= 0.6 is 15.9 Å². The summed E-state index contributed by atoms with van der Waals surface area (Å²) >= 11 is 3.03. The van der Waals surface area contributed by atoms with Crippen LogP contribution in [-0.4, -0.2) is 36.9 Å². The molecule has 0 bridgehead atoms. The molecule has 1 aromatic rings. The minimum atomic E-state index is -0.506. The van der Waals surface area contributed by atoms with Crippen LogP contribution in [0.5, 0.6) is 0 Å². The Kier molecular flexibility index (Phi) is 6.13. The van der Waals surface area contributed by atoms with Crippen molar-refractivity contribution in [1.82, 2.24) is 10.2 Å². The third kappa shape index (κ3) is 4.92. The first-order chi connectivity index (χ1) is 9.31. The van der Waals surface area contributed by atoms with Gasteiger partial charge in [-0.05, 0) is 40.0 Å². The van der Waals surface area contributed by atoms with Gasteiger partial charge in [0.05, 0.1) is 11.0 Å². The van der Waals surface area contributed by atoms with Gasteiger partial charge in [-0.25, -0.2) is 4.39 Å². The number of benzene rings is 1. The zero-order valence-corrected chi connectivity index (χ0v) is 13.3. The molecule has 1 rings (SSSR count). The van der Waals surface area contributed by atoms with Crippen molar-refractivity contribution in [2.75, 3.05) is 20.1 Å². The Balaban J connectivity index is 2.62. The van der Waals surface area contributed by atoms with Gasteiger partial charge in [-0.1, -0.05) is 13.8 Å². The summed E-state index contributed by atoms with van der Waals surface area (Å²) < 4.78 is 13.7. The summed E-state index contributed by atoms with van der Waals surface area (Å²) in [6.07, 6.45) is 0. The van der Waals surface area contributed by atoms with Gasteiger partial charge in [0.2, 0.25) is 5.91 Å². The van der Waals surface area contributed by atoms with Gasteiger partial charge in [-0.3, -0.25) is 9.59 Å². The summed E-state index contributed by atoms with van der Waals surface area (Å²) in [4.78, 5) is 24.9. The predicted molar refractivity (Wildman–Crippen MR) is 78.9 cm³/mol. The summed E-state index contributed by atoms with van der Waals surface area (Å²) in [5.74, 6) is -0.780. The first kappa shape index (κ1) is 16.6. The summed E-state index contributed by atoms with van der Waals surface area (Å²) in [6.45, 7) is 4.48. The van der Waals surface area contributed by atoms with Crippen LogP contribution in [0.2, 0.25) is 0 Å². The molecular formula is C14H18BrFN2O2. The van der Waals surface area contributed by atoms with E-state index < -0.39 is 11.7 Å². The highest BCUT2D eigenvalue weighted by Gasteiger charge is 2.16. The Bertz CT molecular complexity index is 506. The van der Waals surface area contributed by atoms with E-state index >= 15 is 0 Å². The van der Waals surface area contributed by atoms with Gasteiger partial charge < -0.3 is 10.2 Å². The summed E-state index contributed by atoms with van der Waals surface area (Å²) in [6, 6.07) is 4.13. The summed E-state index contributed by atoms with van der Waals surface area (Å²) in [5, 5.41) is 2.73. The highest BCUT2D eigenvalue weighted by molar-refractivity contribution is 9.10. The Labute approximate surface area is 126 Å². The van der Waals surface area contributed by atoms with E-state index in [1.807, 2.05) is 13.8 Å². The average Bonchev–Trinajstić information content (AvgIpc) is 2.38. The van der Waals surface area contributed by atoms with Gasteiger partial charge in [0.15, 0.2) is 0 Å². The molecule has 0 unspecified atom stereocenters. The topological polar surface area (TPSA) is 49.4 Å². The van der Waals surface area contributed by atoms with E-state index in [0.717, 1.165) is 6.07 Å². The maximum absolute atomic E-state index is 13.4. The molecule has 4 nitrogen and oxygen atoms in total. The van der Waals surface area contributed by atoms with E-state index in [2.05, 4.69) is 21.2 Å². The number of carbonyl (C=O) groups excluding carboxylic acids is 2. The molecule has 6 heteroatoms. The predicted octanol–water partition coefficient (Wildman–Crippen LogP) is 2.43. The van der Waals surface area contributed by atoms with E-state index in [4.69, 9.17) is 0 Å².